The minimum atomic E-state index is -0.132. The lowest BCUT2D eigenvalue weighted by Crippen LogP contribution is -2.36. The van der Waals surface area contributed by atoms with Gasteiger partial charge in [0.15, 0.2) is 0 Å². The van der Waals surface area contributed by atoms with Crippen molar-refractivity contribution < 1.29 is 9.59 Å². The van der Waals surface area contributed by atoms with Gasteiger partial charge in [-0.3, -0.25) is 14.5 Å². The molecule has 0 aliphatic carbocycles. The van der Waals surface area contributed by atoms with Gasteiger partial charge in [0, 0.05) is 19.0 Å². The van der Waals surface area contributed by atoms with Crippen LogP contribution in [0.15, 0.2) is 29.4 Å². The minimum Gasteiger partial charge on any atom is -0.274 e. The van der Waals surface area contributed by atoms with E-state index in [4.69, 9.17) is 0 Å². The van der Waals surface area contributed by atoms with Crippen LogP contribution in [0.5, 0.6) is 0 Å². The van der Waals surface area contributed by atoms with E-state index in [2.05, 4.69) is 4.98 Å². The highest BCUT2D eigenvalue weighted by molar-refractivity contribution is 7.99. The molecule has 1 fully saturated rings. The Balaban J connectivity index is 2.11. The zero-order valence-corrected chi connectivity index (χ0v) is 10.4. The molecule has 0 N–H and O–H groups in total. The normalized spacial score (nSPS) is 17.6. The summed E-state index contributed by atoms with van der Waals surface area (Å²) in [6, 6.07) is 5.63. The van der Waals surface area contributed by atoms with Crippen LogP contribution < -0.4 is 0 Å². The van der Waals surface area contributed by atoms with Gasteiger partial charge in [-0.25, -0.2) is 4.98 Å². The van der Waals surface area contributed by atoms with E-state index in [-0.39, 0.29) is 17.2 Å². The van der Waals surface area contributed by atoms with Gasteiger partial charge in [0.05, 0.1) is 10.4 Å². The highest BCUT2D eigenvalue weighted by Crippen LogP contribution is 2.29. The zero-order chi connectivity index (χ0) is 12.3. The number of rotatable bonds is 4. The van der Waals surface area contributed by atoms with Crippen molar-refractivity contribution >= 4 is 23.6 Å². The number of amides is 2. The van der Waals surface area contributed by atoms with Gasteiger partial charge in [-0.05, 0) is 18.6 Å². The van der Waals surface area contributed by atoms with Crippen LogP contribution in [0.1, 0.15) is 26.2 Å². The third-order valence-electron chi connectivity index (χ3n) is 2.62. The number of nitrogens with zero attached hydrogens (tertiary/aromatic N) is 2. The topological polar surface area (TPSA) is 50.3 Å². The van der Waals surface area contributed by atoms with Crippen molar-refractivity contribution in [2.75, 3.05) is 0 Å². The molecule has 1 atom stereocenters. The lowest BCUT2D eigenvalue weighted by atomic mass is 10.4. The van der Waals surface area contributed by atoms with Gasteiger partial charge in [0.2, 0.25) is 11.8 Å². The number of likely N-dealkylation sites (tertiary alicyclic amines) is 1. The van der Waals surface area contributed by atoms with Gasteiger partial charge < -0.3 is 0 Å². The predicted molar refractivity (Wildman–Crippen MR) is 65.3 cm³/mol. The van der Waals surface area contributed by atoms with Gasteiger partial charge in [0.1, 0.15) is 0 Å². The van der Waals surface area contributed by atoms with Crippen LogP contribution >= 0.6 is 11.8 Å². The number of hydrogen-bond donors (Lipinski definition) is 0. The third-order valence-corrected chi connectivity index (χ3v) is 3.92. The average molecular weight is 250 g/mol. The van der Waals surface area contributed by atoms with Crippen LogP contribution in [-0.4, -0.2) is 27.1 Å². The van der Waals surface area contributed by atoms with Crippen molar-refractivity contribution in [2.45, 2.75) is 36.6 Å². The monoisotopic (exact) mass is 250 g/mol. The molecule has 0 radical (unpaired) electrons. The lowest BCUT2D eigenvalue weighted by molar-refractivity contribution is -0.139. The van der Waals surface area contributed by atoms with Crippen LogP contribution in [-0.2, 0) is 9.59 Å². The SMILES string of the molecule is CCC(Sc1ccccn1)N1C(=O)CCC1=O. The second kappa shape index (κ2) is 5.31. The summed E-state index contributed by atoms with van der Waals surface area (Å²) in [7, 11) is 0. The molecule has 1 unspecified atom stereocenters. The maximum Gasteiger partial charge on any atom is 0.230 e. The Kier molecular flexibility index (Phi) is 3.78. The number of aromatic nitrogens is 1. The summed E-state index contributed by atoms with van der Waals surface area (Å²) < 4.78 is 0. The van der Waals surface area contributed by atoms with E-state index >= 15 is 0 Å². The fourth-order valence-corrected chi connectivity index (χ4v) is 2.85. The number of pyridine rings is 1. The fourth-order valence-electron chi connectivity index (χ4n) is 1.79. The molecule has 1 aliphatic heterocycles. The van der Waals surface area contributed by atoms with Gasteiger partial charge >= 0.3 is 0 Å². The van der Waals surface area contributed by atoms with E-state index in [1.54, 1.807) is 6.20 Å². The van der Waals surface area contributed by atoms with Crippen LogP contribution in [0.3, 0.4) is 0 Å². The Morgan fingerprint density at radius 1 is 1.35 bits per heavy atom. The molecule has 1 aromatic heterocycles. The van der Waals surface area contributed by atoms with E-state index in [0.717, 1.165) is 11.4 Å². The second-order valence-electron chi connectivity index (χ2n) is 3.81. The molecule has 0 aromatic carbocycles. The van der Waals surface area contributed by atoms with Gasteiger partial charge in [-0.2, -0.15) is 0 Å². The molecule has 4 nitrogen and oxygen atoms in total. The Labute approximate surface area is 104 Å². The number of hydrogen-bond acceptors (Lipinski definition) is 4. The summed E-state index contributed by atoms with van der Waals surface area (Å²) in [4.78, 5) is 28.9. The number of carbonyl (C=O) groups is 2. The van der Waals surface area contributed by atoms with Crippen molar-refractivity contribution in [3.8, 4) is 0 Å². The van der Waals surface area contributed by atoms with Gasteiger partial charge in [-0.15, -0.1) is 0 Å². The average Bonchev–Trinajstić information content (AvgIpc) is 2.68. The molecule has 1 aromatic rings. The largest absolute Gasteiger partial charge is 0.274 e. The van der Waals surface area contributed by atoms with Gasteiger partial charge in [-0.1, -0.05) is 24.8 Å². The Morgan fingerprint density at radius 2 is 2.06 bits per heavy atom. The molecule has 90 valence electrons. The van der Waals surface area contributed by atoms with E-state index in [1.165, 1.54) is 16.7 Å². The zero-order valence-electron chi connectivity index (χ0n) is 9.63. The maximum atomic E-state index is 11.6. The summed E-state index contributed by atoms with van der Waals surface area (Å²) in [6.45, 7) is 1.97. The first kappa shape index (κ1) is 12.1. The Hall–Kier alpha value is -1.36. The van der Waals surface area contributed by atoms with Crippen LogP contribution in [0, 0.1) is 0 Å². The highest BCUT2D eigenvalue weighted by atomic mass is 32.2. The third kappa shape index (κ3) is 2.66. The number of thioether (sulfide) groups is 1. The molecular weight excluding hydrogens is 236 g/mol. The summed E-state index contributed by atoms with van der Waals surface area (Å²) in [5.41, 5.74) is 0. The molecule has 2 amide bonds. The molecule has 0 spiro atoms. The van der Waals surface area contributed by atoms with Crippen LogP contribution in [0.4, 0.5) is 0 Å². The van der Waals surface area contributed by atoms with Crippen molar-refractivity contribution in [1.82, 2.24) is 9.88 Å². The smallest absolute Gasteiger partial charge is 0.230 e. The van der Waals surface area contributed by atoms with Crippen molar-refractivity contribution in [2.24, 2.45) is 0 Å². The minimum absolute atomic E-state index is 0.0646. The first-order valence-electron chi connectivity index (χ1n) is 5.65. The first-order valence-corrected chi connectivity index (χ1v) is 6.53. The van der Waals surface area contributed by atoms with Crippen molar-refractivity contribution in [1.29, 1.82) is 0 Å². The van der Waals surface area contributed by atoms with E-state index < -0.39 is 0 Å². The highest BCUT2D eigenvalue weighted by Gasteiger charge is 2.34. The van der Waals surface area contributed by atoms with Crippen LogP contribution in [0.25, 0.3) is 0 Å². The molecular formula is C12H14N2O2S. The van der Waals surface area contributed by atoms with E-state index in [0.29, 0.717) is 12.8 Å². The summed E-state index contributed by atoms with van der Waals surface area (Å²) in [5.74, 6) is -0.129. The van der Waals surface area contributed by atoms with E-state index in [9.17, 15) is 9.59 Å². The first-order chi connectivity index (χ1) is 8.22. The quantitative estimate of drug-likeness (QED) is 0.606. The van der Waals surface area contributed by atoms with Crippen molar-refractivity contribution in [3.63, 3.8) is 0 Å². The van der Waals surface area contributed by atoms with Gasteiger partial charge in [0.25, 0.3) is 0 Å². The molecule has 1 saturated heterocycles. The standard InChI is InChI=1S/C12H14N2O2S/c1-2-12(14-10(15)6-7-11(14)16)17-9-5-3-4-8-13-9/h3-5,8,12H,2,6-7H2,1H3. The lowest BCUT2D eigenvalue weighted by Gasteiger charge is -2.23. The molecule has 5 heteroatoms. The molecule has 1 aliphatic rings. The predicted octanol–water partition coefficient (Wildman–Crippen LogP) is 2.06. The second-order valence-corrected chi connectivity index (χ2v) is 5.00. The van der Waals surface area contributed by atoms with Crippen LogP contribution in [0.2, 0.25) is 0 Å². The molecule has 17 heavy (non-hydrogen) atoms. The summed E-state index contributed by atoms with van der Waals surface area (Å²) in [5, 5.41) is 0.708. The molecule has 0 bridgehead atoms. The summed E-state index contributed by atoms with van der Waals surface area (Å²) >= 11 is 1.47. The van der Waals surface area contributed by atoms with E-state index in [1.807, 2.05) is 25.1 Å². The maximum absolute atomic E-state index is 11.6. The fraction of sp³-hybridized carbons (Fsp3) is 0.417. The number of imide groups is 1. The van der Waals surface area contributed by atoms with Crippen molar-refractivity contribution in [3.05, 3.63) is 24.4 Å². The molecule has 2 heterocycles. The molecule has 2 rings (SSSR count). The Morgan fingerprint density at radius 3 is 2.59 bits per heavy atom. The Bertz CT molecular complexity index is 406. The molecule has 0 saturated carbocycles. The number of carbonyl (C=O) groups excluding carboxylic acids is 2. The summed E-state index contributed by atoms with van der Waals surface area (Å²) in [6.07, 6.45) is 3.14.